The van der Waals surface area contributed by atoms with Gasteiger partial charge in [-0.1, -0.05) is 48.5 Å². The zero-order valence-corrected chi connectivity index (χ0v) is 15.9. The zero-order valence-electron chi connectivity index (χ0n) is 15.9. The Labute approximate surface area is 164 Å². The van der Waals surface area contributed by atoms with Crippen molar-refractivity contribution in [1.29, 1.82) is 0 Å². The number of fused-ring (bicyclic) bond motifs is 1. The number of methoxy groups -OCH3 is 2. The topological polar surface area (TPSA) is 50.8 Å². The van der Waals surface area contributed by atoms with Gasteiger partial charge in [0, 0.05) is 12.2 Å². The second-order valence-electron chi connectivity index (χ2n) is 6.63. The van der Waals surface area contributed by atoms with Crippen LogP contribution in [-0.2, 0) is 6.54 Å². The van der Waals surface area contributed by atoms with Crippen molar-refractivity contribution >= 4 is 11.6 Å². The smallest absolute Gasteiger partial charge is 0.258 e. The summed E-state index contributed by atoms with van der Waals surface area (Å²) in [6, 6.07) is 23.3. The highest BCUT2D eigenvalue weighted by Gasteiger charge is 2.33. The van der Waals surface area contributed by atoms with Crippen LogP contribution >= 0.6 is 0 Å². The van der Waals surface area contributed by atoms with Crippen LogP contribution in [0.2, 0.25) is 0 Å². The van der Waals surface area contributed by atoms with E-state index in [9.17, 15) is 4.79 Å². The molecular formula is C23H22N2O3. The molecule has 1 aliphatic rings. The largest absolute Gasteiger partial charge is 0.493 e. The standard InChI is InChI=1S/C23H22N2O3/c1-27-20-13-12-17(14-21(20)28-2)22-24-19-11-7-6-10-18(19)23(26)25(22)15-16-8-4-3-5-9-16/h3-14,22,24H,15H2,1-2H3/t22-/m0/s1. The third kappa shape index (κ3) is 3.27. The van der Waals surface area contributed by atoms with Crippen LogP contribution in [0.5, 0.6) is 11.5 Å². The number of anilines is 1. The van der Waals surface area contributed by atoms with E-state index in [-0.39, 0.29) is 12.1 Å². The fourth-order valence-electron chi connectivity index (χ4n) is 3.52. The highest BCUT2D eigenvalue weighted by molar-refractivity contribution is 6.01. The lowest BCUT2D eigenvalue weighted by atomic mass is 10.0. The predicted octanol–water partition coefficient (Wildman–Crippen LogP) is 4.47. The summed E-state index contributed by atoms with van der Waals surface area (Å²) in [5.74, 6) is 1.29. The molecule has 3 aromatic carbocycles. The van der Waals surface area contributed by atoms with E-state index in [4.69, 9.17) is 9.47 Å². The summed E-state index contributed by atoms with van der Waals surface area (Å²) in [7, 11) is 3.22. The van der Waals surface area contributed by atoms with Gasteiger partial charge >= 0.3 is 0 Å². The van der Waals surface area contributed by atoms with Crippen LogP contribution in [-0.4, -0.2) is 25.0 Å². The quantitative estimate of drug-likeness (QED) is 0.716. The number of carbonyl (C=O) groups excluding carboxylic acids is 1. The molecule has 0 saturated heterocycles. The second-order valence-corrected chi connectivity index (χ2v) is 6.63. The maximum atomic E-state index is 13.3. The Kier molecular flexibility index (Phi) is 4.89. The van der Waals surface area contributed by atoms with Gasteiger partial charge in [-0.3, -0.25) is 4.79 Å². The molecule has 5 nitrogen and oxygen atoms in total. The van der Waals surface area contributed by atoms with Gasteiger partial charge < -0.3 is 19.7 Å². The van der Waals surface area contributed by atoms with E-state index < -0.39 is 0 Å². The Balaban J connectivity index is 1.77. The zero-order chi connectivity index (χ0) is 19.5. The molecule has 0 radical (unpaired) electrons. The molecule has 3 aromatic rings. The summed E-state index contributed by atoms with van der Waals surface area (Å²) in [4.78, 5) is 15.2. The SMILES string of the molecule is COc1ccc([C@H]2Nc3ccccc3C(=O)N2Cc2ccccc2)cc1OC. The van der Waals surface area contributed by atoms with E-state index in [2.05, 4.69) is 5.32 Å². The molecular weight excluding hydrogens is 352 g/mol. The third-order valence-corrected chi connectivity index (χ3v) is 4.94. The number of amides is 1. The van der Waals surface area contributed by atoms with Crippen molar-refractivity contribution in [3.63, 3.8) is 0 Å². The molecule has 0 spiro atoms. The Hall–Kier alpha value is -3.47. The number of ether oxygens (including phenoxy) is 2. The number of hydrogen-bond acceptors (Lipinski definition) is 4. The van der Waals surface area contributed by atoms with Crippen molar-refractivity contribution in [2.75, 3.05) is 19.5 Å². The minimum absolute atomic E-state index is 0.00186. The molecule has 1 N–H and O–H groups in total. The van der Waals surface area contributed by atoms with Crippen molar-refractivity contribution < 1.29 is 14.3 Å². The Morgan fingerprint density at radius 1 is 0.893 bits per heavy atom. The molecule has 142 valence electrons. The van der Waals surface area contributed by atoms with Gasteiger partial charge in [-0.05, 0) is 35.4 Å². The number of carbonyl (C=O) groups is 1. The van der Waals surface area contributed by atoms with Gasteiger partial charge in [0.25, 0.3) is 5.91 Å². The molecule has 28 heavy (non-hydrogen) atoms. The van der Waals surface area contributed by atoms with Crippen LogP contribution in [0.4, 0.5) is 5.69 Å². The number of nitrogens with zero attached hydrogens (tertiary/aromatic N) is 1. The molecule has 1 amide bonds. The molecule has 0 unspecified atom stereocenters. The summed E-state index contributed by atoms with van der Waals surface area (Å²) in [5.41, 5.74) is 3.51. The molecule has 5 heteroatoms. The van der Waals surface area contributed by atoms with Crippen LogP contribution in [0.1, 0.15) is 27.7 Å². The number of para-hydroxylation sites is 1. The van der Waals surface area contributed by atoms with Crippen LogP contribution in [0.3, 0.4) is 0 Å². The molecule has 0 fully saturated rings. The van der Waals surface area contributed by atoms with Crippen molar-refractivity contribution in [3.8, 4) is 11.5 Å². The lowest BCUT2D eigenvalue weighted by molar-refractivity contribution is 0.0666. The molecule has 1 aliphatic heterocycles. The van der Waals surface area contributed by atoms with Crippen LogP contribution in [0.15, 0.2) is 72.8 Å². The second kappa shape index (κ2) is 7.64. The monoisotopic (exact) mass is 374 g/mol. The van der Waals surface area contributed by atoms with Gasteiger partial charge in [0.15, 0.2) is 11.5 Å². The van der Waals surface area contributed by atoms with E-state index in [0.29, 0.717) is 23.6 Å². The van der Waals surface area contributed by atoms with Gasteiger partial charge in [-0.25, -0.2) is 0 Å². The first-order valence-electron chi connectivity index (χ1n) is 9.13. The highest BCUT2D eigenvalue weighted by Crippen LogP contribution is 2.37. The lowest BCUT2D eigenvalue weighted by Gasteiger charge is -2.38. The normalized spacial score (nSPS) is 15.6. The molecule has 1 heterocycles. The summed E-state index contributed by atoms with van der Waals surface area (Å²) < 4.78 is 10.8. The average molecular weight is 374 g/mol. The van der Waals surface area contributed by atoms with Crippen molar-refractivity contribution in [2.45, 2.75) is 12.7 Å². The first kappa shape index (κ1) is 17.9. The Morgan fingerprint density at radius 2 is 1.61 bits per heavy atom. The molecule has 1 atom stereocenters. The van der Waals surface area contributed by atoms with Crippen molar-refractivity contribution in [1.82, 2.24) is 4.90 Å². The minimum Gasteiger partial charge on any atom is -0.493 e. The van der Waals surface area contributed by atoms with Crippen LogP contribution in [0, 0.1) is 0 Å². The predicted molar refractivity (Wildman–Crippen MR) is 109 cm³/mol. The average Bonchev–Trinajstić information content (AvgIpc) is 2.76. The summed E-state index contributed by atoms with van der Waals surface area (Å²) in [6.45, 7) is 0.500. The molecule has 0 aromatic heterocycles. The molecule has 0 saturated carbocycles. The number of benzene rings is 3. The number of hydrogen-bond donors (Lipinski definition) is 1. The summed E-state index contributed by atoms with van der Waals surface area (Å²) in [6.07, 6.45) is -0.317. The van der Waals surface area contributed by atoms with E-state index in [1.807, 2.05) is 77.7 Å². The fourth-order valence-corrected chi connectivity index (χ4v) is 3.52. The maximum Gasteiger partial charge on any atom is 0.258 e. The summed E-state index contributed by atoms with van der Waals surface area (Å²) >= 11 is 0. The number of nitrogens with one attached hydrogen (secondary N) is 1. The highest BCUT2D eigenvalue weighted by atomic mass is 16.5. The van der Waals surface area contributed by atoms with Gasteiger partial charge in [-0.15, -0.1) is 0 Å². The van der Waals surface area contributed by atoms with Crippen LogP contribution < -0.4 is 14.8 Å². The number of rotatable bonds is 5. The van der Waals surface area contributed by atoms with E-state index in [1.54, 1.807) is 14.2 Å². The van der Waals surface area contributed by atoms with Gasteiger partial charge in [0.05, 0.1) is 19.8 Å². The first-order chi connectivity index (χ1) is 13.7. The van der Waals surface area contributed by atoms with E-state index in [1.165, 1.54) is 0 Å². The Bertz CT molecular complexity index is 988. The molecule has 0 aliphatic carbocycles. The minimum atomic E-state index is -0.317. The van der Waals surface area contributed by atoms with Crippen LogP contribution in [0.25, 0.3) is 0 Å². The van der Waals surface area contributed by atoms with E-state index in [0.717, 1.165) is 16.8 Å². The van der Waals surface area contributed by atoms with Crippen molar-refractivity contribution in [3.05, 3.63) is 89.5 Å². The van der Waals surface area contributed by atoms with E-state index >= 15 is 0 Å². The maximum absolute atomic E-state index is 13.3. The van der Waals surface area contributed by atoms with Gasteiger partial charge in [-0.2, -0.15) is 0 Å². The van der Waals surface area contributed by atoms with Crippen molar-refractivity contribution in [2.24, 2.45) is 0 Å². The van der Waals surface area contributed by atoms with Gasteiger partial charge in [0.1, 0.15) is 6.17 Å². The summed E-state index contributed by atoms with van der Waals surface area (Å²) in [5, 5.41) is 3.51. The van der Waals surface area contributed by atoms with Gasteiger partial charge in [0.2, 0.25) is 0 Å². The first-order valence-corrected chi connectivity index (χ1v) is 9.13. The molecule has 4 rings (SSSR count). The fraction of sp³-hybridized carbons (Fsp3) is 0.174. The lowest BCUT2D eigenvalue weighted by Crippen LogP contribution is -2.42. The Morgan fingerprint density at radius 3 is 2.36 bits per heavy atom. The molecule has 0 bridgehead atoms. The third-order valence-electron chi connectivity index (χ3n) is 4.94.